The van der Waals surface area contributed by atoms with Crippen LogP contribution >= 0.6 is 0 Å². The second kappa shape index (κ2) is 8.90. The van der Waals surface area contributed by atoms with Gasteiger partial charge in [0.25, 0.3) is 0 Å². The van der Waals surface area contributed by atoms with Crippen LogP contribution in [0, 0.1) is 0 Å². The topological polar surface area (TPSA) is 65.3 Å². The lowest BCUT2D eigenvalue weighted by Crippen LogP contribution is -2.45. The Morgan fingerprint density at radius 1 is 0.897 bits per heavy atom. The standard InChI is InChI=1S/C22H31N5O2/c1-2-10-23-20(5-1)27-22(24-21(25-27)17-6-12-28-13-7-17)18-4-3-11-26(16-18)19-8-14-29-15-9-19/h1-2,5,10,17-19H,3-4,6-9,11-16H2. The van der Waals surface area contributed by atoms with Crippen LogP contribution in [0.3, 0.4) is 0 Å². The van der Waals surface area contributed by atoms with Gasteiger partial charge in [0.1, 0.15) is 5.82 Å². The van der Waals surface area contributed by atoms with Crippen LogP contribution in [0.2, 0.25) is 0 Å². The quantitative estimate of drug-likeness (QED) is 0.790. The Morgan fingerprint density at radius 3 is 2.45 bits per heavy atom. The van der Waals surface area contributed by atoms with Crippen molar-refractivity contribution in [2.45, 2.75) is 56.4 Å². The van der Waals surface area contributed by atoms with E-state index in [0.717, 1.165) is 76.1 Å². The molecule has 0 amide bonds. The minimum absolute atomic E-state index is 0.391. The number of pyridine rings is 1. The fourth-order valence-electron chi connectivity index (χ4n) is 4.98. The van der Waals surface area contributed by atoms with Gasteiger partial charge >= 0.3 is 0 Å². The Labute approximate surface area is 172 Å². The van der Waals surface area contributed by atoms with E-state index in [1.54, 1.807) is 0 Å². The predicted octanol–water partition coefficient (Wildman–Crippen LogP) is 2.91. The molecule has 3 aliphatic heterocycles. The number of ether oxygens (including phenoxy) is 2. The summed E-state index contributed by atoms with van der Waals surface area (Å²) in [5.74, 6) is 3.72. The van der Waals surface area contributed by atoms with Crippen molar-refractivity contribution in [1.29, 1.82) is 0 Å². The van der Waals surface area contributed by atoms with Gasteiger partial charge in [-0.05, 0) is 57.2 Å². The van der Waals surface area contributed by atoms with Crippen molar-refractivity contribution in [3.8, 4) is 5.82 Å². The van der Waals surface area contributed by atoms with E-state index in [1.807, 2.05) is 29.1 Å². The molecular formula is C22H31N5O2. The molecule has 29 heavy (non-hydrogen) atoms. The van der Waals surface area contributed by atoms with Crippen LogP contribution in [0.15, 0.2) is 24.4 Å². The lowest BCUT2D eigenvalue weighted by molar-refractivity contribution is 0.0234. The van der Waals surface area contributed by atoms with Gasteiger partial charge in [0.15, 0.2) is 11.6 Å². The second-order valence-electron chi connectivity index (χ2n) is 8.49. The molecule has 2 aromatic rings. The lowest BCUT2D eigenvalue weighted by Gasteiger charge is -2.39. The van der Waals surface area contributed by atoms with Gasteiger partial charge in [0, 0.05) is 57.0 Å². The van der Waals surface area contributed by atoms with Crippen molar-refractivity contribution in [2.24, 2.45) is 0 Å². The molecule has 0 radical (unpaired) electrons. The number of likely N-dealkylation sites (tertiary alicyclic amines) is 1. The molecule has 1 unspecified atom stereocenters. The third-order valence-corrected chi connectivity index (χ3v) is 6.63. The molecule has 1 atom stereocenters. The molecular weight excluding hydrogens is 366 g/mol. The molecule has 3 saturated heterocycles. The highest BCUT2D eigenvalue weighted by molar-refractivity contribution is 5.24. The van der Waals surface area contributed by atoms with E-state index in [1.165, 1.54) is 19.4 Å². The molecule has 5 rings (SSSR count). The zero-order chi connectivity index (χ0) is 19.5. The highest BCUT2D eigenvalue weighted by Gasteiger charge is 2.32. The summed E-state index contributed by atoms with van der Waals surface area (Å²) >= 11 is 0. The Bertz CT molecular complexity index is 784. The summed E-state index contributed by atoms with van der Waals surface area (Å²) in [5.41, 5.74) is 0. The molecule has 156 valence electrons. The van der Waals surface area contributed by atoms with E-state index in [0.29, 0.717) is 17.9 Å². The molecule has 0 aromatic carbocycles. The monoisotopic (exact) mass is 397 g/mol. The maximum atomic E-state index is 5.58. The molecule has 2 aromatic heterocycles. The van der Waals surface area contributed by atoms with Crippen molar-refractivity contribution in [2.75, 3.05) is 39.5 Å². The van der Waals surface area contributed by atoms with E-state index < -0.39 is 0 Å². The Kier molecular flexibility index (Phi) is 5.88. The summed E-state index contributed by atoms with van der Waals surface area (Å²) < 4.78 is 13.1. The number of aromatic nitrogens is 4. The first-order valence-corrected chi connectivity index (χ1v) is 11.2. The molecule has 3 fully saturated rings. The van der Waals surface area contributed by atoms with E-state index >= 15 is 0 Å². The third kappa shape index (κ3) is 4.22. The van der Waals surface area contributed by atoms with Gasteiger partial charge in [-0.15, -0.1) is 5.10 Å². The van der Waals surface area contributed by atoms with Crippen LogP contribution in [-0.4, -0.2) is 70.2 Å². The molecule has 7 nitrogen and oxygen atoms in total. The maximum absolute atomic E-state index is 5.58. The minimum Gasteiger partial charge on any atom is -0.381 e. The highest BCUT2D eigenvalue weighted by Crippen LogP contribution is 2.32. The summed E-state index contributed by atoms with van der Waals surface area (Å²) in [6.07, 6.45) is 8.52. The molecule has 0 aliphatic carbocycles. The van der Waals surface area contributed by atoms with Crippen molar-refractivity contribution in [3.63, 3.8) is 0 Å². The molecule has 3 aliphatic rings. The Balaban J connectivity index is 1.43. The van der Waals surface area contributed by atoms with Crippen LogP contribution in [0.25, 0.3) is 5.82 Å². The van der Waals surface area contributed by atoms with Gasteiger partial charge in [-0.2, -0.15) is 4.68 Å². The van der Waals surface area contributed by atoms with Crippen molar-refractivity contribution in [1.82, 2.24) is 24.6 Å². The summed E-state index contributed by atoms with van der Waals surface area (Å²) in [6.45, 7) is 5.64. The smallest absolute Gasteiger partial charge is 0.155 e. The second-order valence-corrected chi connectivity index (χ2v) is 8.49. The van der Waals surface area contributed by atoms with Crippen molar-refractivity contribution < 1.29 is 9.47 Å². The van der Waals surface area contributed by atoms with E-state index in [9.17, 15) is 0 Å². The Morgan fingerprint density at radius 2 is 1.69 bits per heavy atom. The number of nitrogens with zero attached hydrogens (tertiary/aromatic N) is 5. The predicted molar refractivity (Wildman–Crippen MR) is 109 cm³/mol. The zero-order valence-corrected chi connectivity index (χ0v) is 17.1. The SMILES string of the molecule is c1ccc(-n2nc(C3CCOCC3)nc2C2CCCN(C3CCOCC3)C2)nc1. The first-order valence-electron chi connectivity index (χ1n) is 11.2. The van der Waals surface area contributed by atoms with Gasteiger partial charge in [0.2, 0.25) is 0 Å². The van der Waals surface area contributed by atoms with Gasteiger partial charge in [-0.25, -0.2) is 9.97 Å². The number of hydrogen-bond acceptors (Lipinski definition) is 6. The number of piperidine rings is 1. The lowest BCUT2D eigenvalue weighted by atomic mass is 9.94. The molecule has 0 N–H and O–H groups in total. The van der Waals surface area contributed by atoms with Crippen molar-refractivity contribution in [3.05, 3.63) is 36.0 Å². The van der Waals surface area contributed by atoms with Crippen LogP contribution < -0.4 is 0 Å². The van der Waals surface area contributed by atoms with E-state index in [-0.39, 0.29) is 0 Å². The molecule has 7 heteroatoms. The molecule has 0 spiro atoms. The number of rotatable bonds is 4. The van der Waals surface area contributed by atoms with Crippen LogP contribution in [0.1, 0.15) is 62.0 Å². The largest absolute Gasteiger partial charge is 0.381 e. The van der Waals surface area contributed by atoms with Crippen molar-refractivity contribution >= 4 is 0 Å². The molecule has 0 bridgehead atoms. The van der Waals surface area contributed by atoms with Gasteiger partial charge in [-0.3, -0.25) is 4.90 Å². The van der Waals surface area contributed by atoms with E-state index in [4.69, 9.17) is 19.6 Å². The van der Waals surface area contributed by atoms with Gasteiger partial charge < -0.3 is 9.47 Å². The normalized spacial score (nSPS) is 25.3. The van der Waals surface area contributed by atoms with Gasteiger partial charge in [-0.1, -0.05) is 6.07 Å². The van der Waals surface area contributed by atoms with Crippen LogP contribution in [-0.2, 0) is 9.47 Å². The third-order valence-electron chi connectivity index (χ3n) is 6.63. The van der Waals surface area contributed by atoms with Crippen LogP contribution in [0.4, 0.5) is 0 Å². The molecule has 0 saturated carbocycles. The Hall–Kier alpha value is -1.83. The summed E-state index contributed by atoms with van der Waals surface area (Å²) in [5, 5.41) is 4.97. The van der Waals surface area contributed by atoms with Gasteiger partial charge in [0.05, 0.1) is 0 Å². The highest BCUT2D eigenvalue weighted by atomic mass is 16.5. The first-order chi connectivity index (χ1) is 14.4. The van der Waals surface area contributed by atoms with Crippen LogP contribution in [0.5, 0.6) is 0 Å². The summed E-state index contributed by atoms with van der Waals surface area (Å²) in [6, 6.07) is 6.66. The minimum atomic E-state index is 0.391. The zero-order valence-electron chi connectivity index (χ0n) is 17.1. The number of hydrogen-bond donors (Lipinski definition) is 0. The fourth-order valence-corrected chi connectivity index (χ4v) is 4.98. The summed E-state index contributed by atoms with van der Waals surface area (Å²) in [4.78, 5) is 12.4. The van der Waals surface area contributed by atoms with E-state index in [2.05, 4.69) is 9.88 Å². The molecule has 5 heterocycles. The first kappa shape index (κ1) is 19.2. The maximum Gasteiger partial charge on any atom is 0.155 e. The summed E-state index contributed by atoms with van der Waals surface area (Å²) in [7, 11) is 0. The average molecular weight is 398 g/mol. The average Bonchev–Trinajstić information content (AvgIpc) is 3.27. The fraction of sp³-hybridized carbons (Fsp3) is 0.682.